The van der Waals surface area contributed by atoms with Crippen LogP contribution in [0.4, 0.5) is 0 Å². The van der Waals surface area contributed by atoms with Gasteiger partial charge in [0.25, 0.3) is 0 Å². The molecule has 1 aliphatic rings. The Labute approximate surface area is 153 Å². The van der Waals surface area contributed by atoms with E-state index in [9.17, 15) is 5.11 Å². The summed E-state index contributed by atoms with van der Waals surface area (Å²) in [6.45, 7) is 2.68. The predicted octanol–water partition coefficient (Wildman–Crippen LogP) is 5.02. The molecule has 3 aromatic carbocycles. The summed E-state index contributed by atoms with van der Waals surface area (Å²) in [5.41, 5.74) is 4.82. The van der Waals surface area contributed by atoms with Gasteiger partial charge >= 0.3 is 0 Å². The molecule has 2 atom stereocenters. The van der Waals surface area contributed by atoms with Gasteiger partial charge in [-0.2, -0.15) is 0 Å². The maximum atomic E-state index is 9.83. The van der Waals surface area contributed by atoms with Crippen molar-refractivity contribution in [3.8, 4) is 17.2 Å². The Morgan fingerprint density at radius 2 is 1.62 bits per heavy atom. The average molecular weight is 346 g/mol. The van der Waals surface area contributed by atoms with Crippen molar-refractivity contribution in [1.82, 2.24) is 0 Å². The third kappa shape index (κ3) is 3.01. The zero-order chi connectivity index (χ0) is 18.1. The van der Waals surface area contributed by atoms with E-state index in [2.05, 4.69) is 43.3 Å². The smallest absolute Gasteiger partial charge is 0.126 e. The molecular weight excluding hydrogens is 324 g/mol. The van der Waals surface area contributed by atoms with Gasteiger partial charge in [0.1, 0.15) is 17.2 Å². The van der Waals surface area contributed by atoms with E-state index < -0.39 is 0 Å². The van der Waals surface area contributed by atoms with Crippen LogP contribution in [-0.2, 0) is 0 Å². The van der Waals surface area contributed by atoms with Crippen LogP contribution >= 0.6 is 0 Å². The molecule has 0 fully saturated rings. The summed E-state index contributed by atoms with van der Waals surface area (Å²) in [5.74, 6) is 2.20. The number of hydrogen-bond acceptors (Lipinski definition) is 3. The van der Waals surface area contributed by atoms with Gasteiger partial charge in [-0.1, -0.05) is 48.0 Å². The second kappa shape index (κ2) is 6.75. The van der Waals surface area contributed by atoms with Crippen molar-refractivity contribution in [2.75, 3.05) is 13.7 Å². The van der Waals surface area contributed by atoms with Gasteiger partial charge in [-0.05, 0) is 36.2 Å². The average Bonchev–Trinajstić information content (AvgIpc) is 2.68. The fourth-order valence-corrected chi connectivity index (χ4v) is 3.72. The number of methoxy groups -OCH3 is 1. The van der Waals surface area contributed by atoms with Crippen molar-refractivity contribution in [3.05, 3.63) is 89.0 Å². The number of fused-ring (bicyclic) bond motifs is 1. The van der Waals surface area contributed by atoms with Crippen LogP contribution in [0.3, 0.4) is 0 Å². The molecule has 26 heavy (non-hydrogen) atoms. The lowest BCUT2D eigenvalue weighted by atomic mass is 9.76. The van der Waals surface area contributed by atoms with Crippen LogP contribution < -0.4 is 9.47 Å². The number of phenolic OH excluding ortho intramolecular Hbond substituents is 1. The lowest BCUT2D eigenvalue weighted by Gasteiger charge is -2.34. The Bertz CT molecular complexity index is 898. The number of benzene rings is 3. The first-order chi connectivity index (χ1) is 12.7. The van der Waals surface area contributed by atoms with E-state index in [-0.39, 0.29) is 17.6 Å². The fraction of sp³-hybridized carbons (Fsp3) is 0.217. The topological polar surface area (TPSA) is 38.7 Å². The molecule has 0 bridgehead atoms. The standard InChI is InChI=1S/C23H22O3/c1-15-3-5-16(6-4-15)21-14-26-22-13-18(24)9-12-20(22)23(21)17-7-10-19(25-2)11-8-17/h3-13,21,23-24H,14H2,1-2H3. The lowest BCUT2D eigenvalue weighted by molar-refractivity contribution is 0.247. The minimum Gasteiger partial charge on any atom is -0.508 e. The Morgan fingerprint density at radius 1 is 0.923 bits per heavy atom. The minimum absolute atomic E-state index is 0.160. The highest BCUT2D eigenvalue weighted by Gasteiger charge is 2.33. The molecule has 4 rings (SSSR count). The molecule has 0 saturated carbocycles. The molecule has 132 valence electrons. The molecule has 1 heterocycles. The number of phenols is 1. The van der Waals surface area contributed by atoms with Gasteiger partial charge in [-0.15, -0.1) is 0 Å². The maximum Gasteiger partial charge on any atom is 0.126 e. The van der Waals surface area contributed by atoms with Crippen LogP contribution in [0.15, 0.2) is 66.7 Å². The first-order valence-corrected chi connectivity index (χ1v) is 8.82. The molecule has 2 unspecified atom stereocenters. The van der Waals surface area contributed by atoms with E-state index in [0.717, 1.165) is 17.1 Å². The molecule has 3 nitrogen and oxygen atoms in total. The fourth-order valence-electron chi connectivity index (χ4n) is 3.72. The first-order valence-electron chi connectivity index (χ1n) is 8.82. The molecule has 0 saturated heterocycles. The van der Waals surface area contributed by atoms with Crippen LogP contribution in [0.25, 0.3) is 0 Å². The van der Waals surface area contributed by atoms with Crippen LogP contribution in [0.2, 0.25) is 0 Å². The third-order valence-corrected chi connectivity index (χ3v) is 5.13. The van der Waals surface area contributed by atoms with E-state index in [1.807, 2.05) is 18.2 Å². The highest BCUT2D eigenvalue weighted by Crippen LogP contribution is 2.47. The summed E-state index contributed by atoms with van der Waals surface area (Å²) in [6.07, 6.45) is 0. The summed E-state index contributed by atoms with van der Waals surface area (Å²) in [6, 6.07) is 22.3. The van der Waals surface area contributed by atoms with Gasteiger partial charge in [0, 0.05) is 23.5 Å². The van der Waals surface area contributed by atoms with Crippen molar-refractivity contribution < 1.29 is 14.6 Å². The van der Waals surface area contributed by atoms with Gasteiger partial charge in [0.15, 0.2) is 0 Å². The van der Waals surface area contributed by atoms with E-state index in [0.29, 0.717) is 6.61 Å². The van der Waals surface area contributed by atoms with Crippen molar-refractivity contribution in [2.24, 2.45) is 0 Å². The Hall–Kier alpha value is -2.94. The summed E-state index contributed by atoms with van der Waals surface area (Å²) in [7, 11) is 1.68. The normalized spacial score (nSPS) is 18.7. The monoisotopic (exact) mass is 346 g/mol. The zero-order valence-electron chi connectivity index (χ0n) is 15.0. The molecule has 0 radical (unpaired) electrons. The first kappa shape index (κ1) is 16.5. The highest BCUT2D eigenvalue weighted by molar-refractivity contribution is 5.51. The van der Waals surface area contributed by atoms with Gasteiger partial charge in [0.2, 0.25) is 0 Å². The van der Waals surface area contributed by atoms with E-state index in [1.165, 1.54) is 16.7 Å². The molecule has 0 aliphatic carbocycles. The largest absolute Gasteiger partial charge is 0.508 e. The Balaban J connectivity index is 1.82. The molecule has 3 heteroatoms. The summed E-state index contributed by atoms with van der Waals surface area (Å²) < 4.78 is 11.3. The number of aromatic hydroxyl groups is 1. The van der Waals surface area contributed by atoms with E-state index in [1.54, 1.807) is 19.2 Å². The van der Waals surface area contributed by atoms with Crippen molar-refractivity contribution in [2.45, 2.75) is 18.8 Å². The summed E-state index contributed by atoms with van der Waals surface area (Å²) >= 11 is 0. The highest BCUT2D eigenvalue weighted by atomic mass is 16.5. The predicted molar refractivity (Wildman–Crippen MR) is 102 cm³/mol. The second-order valence-corrected chi connectivity index (χ2v) is 6.80. The number of ether oxygens (including phenoxy) is 2. The molecule has 3 aromatic rings. The van der Waals surface area contributed by atoms with Crippen molar-refractivity contribution >= 4 is 0 Å². The number of rotatable bonds is 3. The Kier molecular flexibility index (Phi) is 4.29. The third-order valence-electron chi connectivity index (χ3n) is 5.13. The zero-order valence-corrected chi connectivity index (χ0v) is 15.0. The van der Waals surface area contributed by atoms with Crippen LogP contribution in [0.1, 0.15) is 34.1 Å². The molecule has 1 N–H and O–H groups in total. The van der Waals surface area contributed by atoms with E-state index in [4.69, 9.17) is 9.47 Å². The van der Waals surface area contributed by atoms with Gasteiger partial charge in [0.05, 0.1) is 13.7 Å². The lowest BCUT2D eigenvalue weighted by Crippen LogP contribution is -2.25. The van der Waals surface area contributed by atoms with Crippen LogP contribution in [0.5, 0.6) is 17.2 Å². The summed E-state index contributed by atoms with van der Waals surface area (Å²) in [4.78, 5) is 0. The molecule has 1 aliphatic heterocycles. The molecule has 0 amide bonds. The summed E-state index contributed by atoms with van der Waals surface area (Å²) in [5, 5.41) is 9.83. The number of hydrogen-bond donors (Lipinski definition) is 1. The molecule has 0 aromatic heterocycles. The van der Waals surface area contributed by atoms with E-state index >= 15 is 0 Å². The number of aryl methyl sites for hydroxylation is 1. The van der Waals surface area contributed by atoms with Gasteiger partial charge in [-0.25, -0.2) is 0 Å². The maximum absolute atomic E-state index is 9.83. The van der Waals surface area contributed by atoms with Gasteiger partial charge in [-0.3, -0.25) is 0 Å². The minimum atomic E-state index is 0.160. The second-order valence-electron chi connectivity index (χ2n) is 6.80. The quantitative estimate of drug-likeness (QED) is 0.724. The van der Waals surface area contributed by atoms with Crippen LogP contribution in [-0.4, -0.2) is 18.8 Å². The van der Waals surface area contributed by atoms with Crippen molar-refractivity contribution in [1.29, 1.82) is 0 Å². The van der Waals surface area contributed by atoms with Gasteiger partial charge < -0.3 is 14.6 Å². The Morgan fingerprint density at radius 3 is 2.31 bits per heavy atom. The molecular formula is C23H22O3. The molecule has 0 spiro atoms. The van der Waals surface area contributed by atoms with Crippen molar-refractivity contribution in [3.63, 3.8) is 0 Å². The SMILES string of the molecule is COc1ccc(C2c3ccc(O)cc3OCC2c2ccc(C)cc2)cc1. The van der Waals surface area contributed by atoms with Crippen LogP contribution in [0, 0.1) is 6.92 Å².